The van der Waals surface area contributed by atoms with Crippen LogP contribution < -0.4 is 10.1 Å². The molecular formula is C16H14FNO4. The van der Waals surface area contributed by atoms with Crippen LogP contribution >= 0.6 is 0 Å². The molecule has 5 nitrogen and oxygen atoms in total. The van der Waals surface area contributed by atoms with E-state index in [9.17, 15) is 14.0 Å². The number of amides is 1. The molecule has 0 aliphatic heterocycles. The summed E-state index contributed by atoms with van der Waals surface area (Å²) < 4.78 is 22.7. The zero-order valence-corrected chi connectivity index (χ0v) is 11.8. The van der Waals surface area contributed by atoms with E-state index in [1.807, 2.05) is 0 Å². The number of carbonyl (C=O) groups excluding carboxylic acids is 2. The molecule has 2 aromatic carbocycles. The van der Waals surface area contributed by atoms with Gasteiger partial charge in [-0.15, -0.1) is 0 Å². The van der Waals surface area contributed by atoms with Crippen molar-refractivity contribution in [3.63, 3.8) is 0 Å². The van der Waals surface area contributed by atoms with Crippen LogP contribution in [0.1, 0.15) is 10.4 Å². The zero-order valence-electron chi connectivity index (χ0n) is 11.8. The highest BCUT2D eigenvalue weighted by Gasteiger charge is 2.08. The second kappa shape index (κ2) is 7.21. The Kier molecular flexibility index (Phi) is 5.08. The van der Waals surface area contributed by atoms with E-state index in [0.717, 1.165) is 0 Å². The van der Waals surface area contributed by atoms with E-state index in [1.165, 1.54) is 31.4 Å². The van der Waals surface area contributed by atoms with Gasteiger partial charge in [0.25, 0.3) is 5.91 Å². The maximum absolute atomic E-state index is 12.8. The standard InChI is InChI=1S/C16H14FNO4/c1-21-15(19)10-18-16(20)11-2-6-13(7-3-11)22-14-8-4-12(17)5-9-14/h2-9H,10H2,1H3,(H,18,20). The maximum Gasteiger partial charge on any atom is 0.325 e. The minimum atomic E-state index is -0.524. The highest BCUT2D eigenvalue weighted by Crippen LogP contribution is 2.21. The van der Waals surface area contributed by atoms with E-state index in [-0.39, 0.29) is 12.4 Å². The van der Waals surface area contributed by atoms with Gasteiger partial charge in [0.1, 0.15) is 23.9 Å². The van der Waals surface area contributed by atoms with E-state index in [1.54, 1.807) is 24.3 Å². The number of rotatable bonds is 5. The summed E-state index contributed by atoms with van der Waals surface area (Å²) in [5, 5.41) is 2.43. The number of ether oxygens (including phenoxy) is 2. The first-order valence-corrected chi connectivity index (χ1v) is 6.47. The molecule has 0 fully saturated rings. The number of hydrogen-bond donors (Lipinski definition) is 1. The molecule has 0 unspecified atom stereocenters. The van der Waals surface area contributed by atoms with Crippen molar-refractivity contribution in [3.8, 4) is 11.5 Å². The van der Waals surface area contributed by atoms with Crippen LogP contribution in [0.15, 0.2) is 48.5 Å². The number of halogens is 1. The molecule has 2 aromatic rings. The summed E-state index contributed by atoms with van der Waals surface area (Å²) in [5.41, 5.74) is 0.385. The second-order valence-electron chi connectivity index (χ2n) is 4.34. The van der Waals surface area contributed by atoms with Gasteiger partial charge in [-0.3, -0.25) is 9.59 Å². The maximum atomic E-state index is 12.8. The average Bonchev–Trinajstić information content (AvgIpc) is 2.55. The first-order chi connectivity index (χ1) is 10.6. The van der Waals surface area contributed by atoms with Crippen LogP contribution in [-0.4, -0.2) is 25.5 Å². The smallest absolute Gasteiger partial charge is 0.325 e. The van der Waals surface area contributed by atoms with Crippen molar-refractivity contribution in [2.45, 2.75) is 0 Å². The van der Waals surface area contributed by atoms with Gasteiger partial charge in [0.05, 0.1) is 7.11 Å². The molecule has 22 heavy (non-hydrogen) atoms. The summed E-state index contributed by atoms with van der Waals surface area (Å²) >= 11 is 0. The van der Waals surface area contributed by atoms with Crippen molar-refractivity contribution in [1.29, 1.82) is 0 Å². The fraction of sp³-hybridized carbons (Fsp3) is 0.125. The highest BCUT2D eigenvalue weighted by atomic mass is 19.1. The molecule has 0 saturated heterocycles. The summed E-state index contributed by atoms with van der Waals surface area (Å²) in [4.78, 5) is 22.7. The Balaban J connectivity index is 1.96. The van der Waals surface area contributed by atoms with Gasteiger partial charge in [-0.1, -0.05) is 0 Å². The summed E-state index contributed by atoms with van der Waals surface area (Å²) in [6, 6.07) is 11.9. The Hall–Kier alpha value is -2.89. The highest BCUT2D eigenvalue weighted by molar-refractivity contribution is 5.95. The molecule has 1 amide bonds. The van der Waals surface area contributed by atoms with E-state index in [0.29, 0.717) is 17.1 Å². The van der Waals surface area contributed by atoms with Crippen LogP contribution in [0.2, 0.25) is 0 Å². The molecule has 2 rings (SSSR count). The third-order valence-electron chi connectivity index (χ3n) is 2.79. The minimum absolute atomic E-state index is 0.191. The van der Waals surface area contributed by atoms with E-state index in [2.05, 4.69) is 10.1 Å². The third-order valence-corrected chi connectivity index (χ3v) is 2.79. The molecule has 0 atom stereocenters. The predicted molar refractivity (Wildman–Crippen MR) is 77.3 cm³/mol. The summed E-state index contributed by atoms with van der Waals surface area (Å²) in [6.45, 7) is -0.191. The van der Waals surface area contributed by atoms with E-state index < -0.39 is 11.9 Å². The molecule has 0 aliphatic rings. The Morgan fingerprint density at radius 3 is 2.09 bits per heavy atom. The van der Waals surface area contributed by atoms with Gasteiger partial charge in [0, 0.05) is 5.56 Å². The molecule has 114 valence electrons. The molecule has 1 N–H and O–H groups in total. The van der Waals surface area contributed by atoms with Crippen molar-refractivity contribution in [2.24, 2.45) is 0 Å². The van der Waals surface area contributed by atoms with Crippen molar-refractivity contribution < 1.29 is 23.5 Å². The largest absolute Gasteiger partial charge is 0.468 e. The number of hydrogen-bond acceptors (Lipinski definition) is 4. The minimum Gasteiger partial charge on any atom is -0.468 e. The van der Waals surface area contributed by atoms with Gasteiger partial charge in [0.15, 0.2) is 0 Å². The first kappa shape index (κ1) is 15.5. The van der Waals surface area contributed by atoms with Crippen LogP contribution in [0.5, 0.6) is 11.5 Å². The van der Waals surface area contributed by atoms with Gasteiger partial charge in [-0.25, -0.2) is 4.39 Å². The summed E-state index contributed by atoms with van der Waals surface area (Å²) in [7, 11) is 1.25. The lowest BCUT2D eigenvalue weighted by molar-refractivity contribution is -0.139. The van der Waals surface area contributed by atoms with Crippen LogP contribution in [0.4, 0.5) is 4.39 Å². The van der Waals surface area contributed by atoms with Crippen molar-refractivity contribution >= 4 is 11.9 Å². The first-order valence-electron chi connectivity index (χ1n) is 6.47. The topological polar surface area (TPSA) is 64.6 Å². The Morgan fingerprint density at radius 1 is 1.00 bits per heavy atom. The molecule has 0 spiro atoms. The van der Waals surface area contributed by atoms with Crippen LogP contribution in [0.25, 0.3) is 0 Å². The van der Waals surface area contributed by atoms with Gasteiger partial charge >= 0.3 is 5.97 Å². The lowest BCUT2D eigenvalue weighted by atomic mass is 10.2. The quantitative estimate of drug-likeness (QED) is 0.862. The molecule has 0 radical (unpaired) electrons. The Bertz CT molecular complexity index is 653. The fourth-order valence-electron chi connectivity index (χ4n) is 1.64. The van der Waals surface area contributed by atoms with Gasteiger partial charge in [0.2, 0.25) is 0 Å². The van der Waals surface area contributed by atoms with Crippen molar-refractivity contribution in [3.05, 3.63) is 59.9 Å². The molecular weight excluding hydrogens is 289 g/mol. The summed E-state index contributed by atoms with van der Waals surface area (Å²) in [6.07, 6.45) is 0. The van der Waals surface area contributed by atoms with Crippen molar-refractivity contribution in [2.75, 3.05) is 13.7 Å². The normalized spacial score (nSPS) is 9.91. The number of nitrogens with one attached hydrogen (secondary N) is 1. The average molecular weight is 303 g/mol. The molecule has 0 saturated carbocycles. The Labute approximate surface area is 126 Å². The van der Waals surface area contributed by atoms with E-state index in [4.69, 9.17) is 4.74 Å². The van der Waals surface area contributed by atoms with Gasteiger partial charge in [-0.2, -0.15) is 0 Å². The summed E-state index contributed by atoms with van der Waals surface area (Å²) in [5.74, 6) is -0.256. The predicted octanol–water partition coefficient (Wildman–Crippen LogP) is 2.52. The number of benzene rings is 2. The molecule has 0 aliphatic carbocycles. The zero-order chi connectivity index (χ0) is 15.9. The molecule has 6 heteroatoms. The van der Waals surface area contributed by atoms with Crippen LogP contribution in [0, 0.1) is 5.82 Å². The molecule has 0 bridgehead atoms. The monoisotopic (exact) mass is 303 g/mol. The molecule has 0 aromatic heterocycles. The lowest BCUT2D eigenvalue weighted by Crippen LogP contribution is -2.30. The second-order valence-corrected chi connectivity index (χ2v) is 4.34. The van der Waals surface area contributed by atoms with E-state index >= 15 is 0 Å². The van der Waals surface area contributed by atoms with Crippen LogP contribution in [-0.2, 0) is 9.53 Å². The number of esters is 1. The van der Waals surface area contributed by atoms with Crippen LogP contribution in [0.3, 0.4) is 0 Å². The molecule has 0 heterocycles. The SMILES string of the molecule is COC(=O)CNC(=O)c1ccc(Oc2ccc(F)cc2)cc1. The number of methoxy groups -OCH3 is 1. The Morgan fingerprint density at radius 2 is 1.55 bits per heavy atom. The fourth-order valence-corrected chi connectivity index (χ4v) is 1.64. The van der Waals surface area contributed by atoms with Gasteiger partial charge in [-0.05, 0) is 48.5 Å². The lowest BCUT2D eigenvalue weighted by Gasteiger charge is -2.07. The van der Waals surface area contributed by atoms with Crippen molar-refractivity contribution in [1.82, 2.24) is 5.32 Å². The number of carbonyl (C=O) groups is 2. The third kappa shape index (κ3) is 4.31. The van der Waals surface area contributed by atoms with Gasteiger partial charge < -0.3 is 14.8 Å².